The molecule has 0 fully saturated rings. The van der Waals surface area contributed by atoms with Crippen LogP contribution in [-0.4, -0.2) is 47.4 Å². The van der Waals surface area contributed by atoms with E-state index in [0.29, 0.717) is 19.4 Å². The first-order valence-corrected chi connectivity index (χ1v) is 32.4. The Morgan fingerprint density at radius 2 is 0.699 bits per heavy atom. The molecule has 3 N–H and O–H groups in total. The van der Waals surface area contributed by atoms with E-state index in [2.05, 4.69) is 55.6 Å². The molecule has 73 heavy (non-hydrogen) atoms. The number of amides is 1. The van der Waals surface area contributed by atoms with Crippen molar-refractivity contribution >= 4 is 11.9 Å². The lowest BCUT2D eigenvalue weighted by molar-refractivity contribution is -0.143. The summed E-state index contributed by atoms with van der Waals surface area (Å²) in [7, 11) is 0. The van der Waals surface area contributed by atoms with Crippen molar-refractivity contribution in [2.45, 2.75) is 353 Å². The van der Waals surface area contributed by atoms with Crippen molar-refractivity contribution in [2.24, 2.45) is 0 Å². The van der Waals surface area contributed by atoms with Crippen LogP contribution in [0.3, 0.4) is 0 Å². The third-order valence-electron chi connectivity index (χ3n) is 14.8. The number of carbonyl (C=O) groups excluding carboxylic acids is 2. The number of allylic oxidation sites excluding steroid dienone is 6. The third kappa shape index (κ3) is 58.9. The number of aliphatic hydroxyl groups is 2. The average molecular weight is 1020 g/mol. The predicted octanol–water partition coefficient (Wildman–Crippen LogP) is 20.5. The summed E-state index contributed by atoms with van der Waals surface area (Å²) >= 11 is 0. The Balaban J connectivity index is 3.49. The van der Waals surface area contributed by atoms with Crippen LogP contribution in [-0.2, 0) is 14.3 Å². The van der Waals surface area contributed by atoms with Gasteiger partial charge in [-0.2, -0.15) is 0 Å². The van der Waals surface area contributed by atoms with E-state index >= 15 is 0 Å². The quantitative estimate of drug-likeness (QED) is 0.0320. The first-order chi connectivity index (χ1) is 36.0. The minimum Gasteiger partial charge on any atom is -0.465 e. The van der Waals surface area contributed by atoms with Crippen LogP contribution in [0.25, 0.3) is 0 Å². The van der Waals surface area contributed by atoms with Gasteiger partial charge in [-0.15, -0.1) is 0 Å². The first-order valence-electron chi connectivity index (χ1n) is 32.4. The molecule has 0 aromatic carbocycles. The molecule has 0 rings (SSSR count). The second-order valence-electron chi connectivity index (χ2n) is 22.1. The van der Waals surface area contributed by atoms with E-state index in [-0.39, 0.29) is 18.5 Å². The summed E-state index contributed by atoms with van der Waals surface area (Å²) in [6.07, 6.45) is 80.4. The lowest BCUT2D eigenvalue weighted by Gasteiger charge is -2.20. The zero-order valence-corrected chi connectivity index (χ0v) is 48.9. The van der Waals surface area contributed by atoms with Gasteiger partial charge in [-0.1, -0.05) is 306 Å². The van der Waals surface area contributed by atoms with E-state index in [9.17, 15) is 19.8 Å². The number of unbranched alkanes of at least 4 members (excludes halogenated alkanes) is 43. The van der Waals surface area contributed by atoms with Gasteiger partial charge in [0, 0.05) is 12.8 Å². The van der Waals surface area contributed by atoms with Gasteiger partial charge in [-0.25, -0.2) is 0 Å². The summed E-state index contributed by atoms with van der Waals surface area (Å²) in [6, 6.07) is -0.634. The normalized spacial score (nSPS) is 12.9. The molecule has 2 unspecified atom stereocenters. The standard InChI is InChI=1S/C67H125NO5/c1-3-5-7-9-11-13-15-16-17-18-19-20-21-22-24-27-30-33-36-40-43-47-51-55-59-65(70)64(63-69)68-66(71)60-56-52-48-44-41-37-34-31-28-25-23-26-29-32-35-38-42-46-50-54-58-62-73-67(72)61-57-53-49-45-39-14-12-10-8-6-4-2/h10,12,38,42,50,54-55,59,64-65,69-70H,3-9,11,13-37,39-41,43-49,51-53,56-58,60-63H2,1-2H3,(H,68,71)/b12-10-,42-38-,54-50-,59-55+. The second-order valence-corrected chi connectivity index (χ2v) is 22.1. The second kappa shape index (κ2) is 62.4. The summed E-state index contributed by atoms with van der Waals surface area (Å²) in [6.45, 7) is 4.77. The molecule has 0 aliphatic rings. The average Bonchev–Trinajstić information content (AvgIpc) is 3.39. The van der Waals surface area contributed by atoms with Crippen molar-refractivity contribution in [1.82, 2.24) is 5.32 Å². The maximum Gasteiger partial charge on any atom is 0.305 e. The molecule has 0 radical (unpaired) electrons. The lowest BCUT2D eigenvalue weighted by atomic mass is 10.0. The zero-order chi connectivity index (χ0) is 52.9. The van der Waals surface area contributed by atoms with Crippen molar-refractivity contribution in [3.8, 4) is 0 Å². The molecule has 0 bridgehead atoms. The van der Waals surface area contributed by atoms with Crippen molar-refractivity contribution < 1.29 is 24.5 Å². The Morgan fingerprint density at radius 1 is 0.384 bits per heavy atom. The van der Waals surface area contributed by atoms with E-state index in [1.165, 1.54) is 263 Å². The van der Waals surface area contributed by atoms with Gasteiger partial charge >= 0.3 is 5.97 Å². The van der Waals surface area contributed by atoms with E-state index in [4.69, 9.17) is 4.74 Å². The number of rotatable bonds is 60. The number of aliphatic hydroxyl groups excluding tert-OH is 2. The fourth-order valence-corrected chi connectivity index (χ4v) is 9.87. The van der Waals surface area contributed by atoms with Crippen LogP contribution in [0.4, 0.5) is 0 Å². The minimum atomic E-state index is -0.850. The smallest absolute Gasteiger partial charge is 0.305 e. The van der Waals surface area contributed by atoms with E-state index in [0.717, 1.165) is 51.4 Å². The molecule has 0 saturated carbocycles. The van der Waals surface area contributed by atoms with Crippen LogP contribution in [0.1, 0.15) is 341 Å². The molecule has 0 aliphatic heterocycles. The highest BCUT2D eigenvalue weighted by Gasteiger charge is 2.18. The molecule has 0 aliphatic carbocycles. The molecule has 6 nitrogen and oxygen atoms in total. The molecule has 0 heterocycles. The molecule has 0 aromatic heterocycles. The van der Waals surface area contributed by atoms with Gasteiger partial charge in [-0.05, 0) is 70.6 Å². The van der Waals surface area contributed by atoms with Gasteiger partial charge in [0.15, 0.2) is 0 Å². The number of ether oxygens (including phenoxy) is 1. The SMILES string of the molecule is CCCC/C=C\CCCCCCCC(=O)OCC/C=C\C/C=C\CCCCCCCCCCCCCCCCC(=O)NC(CO)C(O)/C=C/CCCCCCCCCCCCCCCCCCCCCCCC. The van der Waals surface area contributed by atoms with Crippen molar-refractivity contribution in [2.75, 3.05) is 13.2 Å². The summed E-state index contributed by atoms with van der Waals surface area (Å²) in [5, 5.41) is 23.2. The maximum absolute atomic E-state index is 12.5. The van der Waals surface area contributed by atoms with Gasteiger partial charge in [0.05, 0.1) is 25.4 Å². The largest absolute Gasteiger partial charge is 0.465 e. The van der Waals surface area contributed by atoms with Crippen LogP contribution in [0.5, 0.6) is 0 Å². The highest BCUT2D eigenvalue weighted by molar-refractivity contribution is 5.76. The summed E-state index contributed by atoms with van der Waals surface area (Å²) < 4.78 is 5.39. The molecule has 428 valence electrons. The Hall–Kier alpha value is -2.18. The van der Waals surface area contributed by atoms with Crippen molar-refractivity contribution in [3.63, 3.8) is 0 Å². The van der Waals surface area contributed by atoms with Gasteiger partial charge in [0.25, 0.3) is 0 Å². The minimum absolute atomic E-state index is 0.0470. The fourth-order valence-electron chi connectivity index (χ4n) is 9.87. The molecule has 6 heteroatoms. The maximum atomic E-state index is 12.5. The van der Waals surface area contributed by atoms with Crippen molar-refractivity contribution in [3.05, 3.63) is 48.6 Å². The van der Waals surface area contributed by atoms with Crippen LogP contribution < -0.4 is 5.32 Å². The van der Waals surface area contributed by atoms with Gasteiger partial charge in [0.1, 0.15) is 0 Å². The Morgan fingerprint density at radius 3 is 1.10 bits per heavy atom. The Kier molecular flexibility index (Phi) is 60.5. The highest BCUT2D eigenvalue weighted by atomic mass is 16.5. The lowest BCUT2D eigenvalue weighted by Crippen LogP contribution is -2.45. The van der Waals surface area contributed by atoms with Crippen LogP contribution in [0.2, 0.25) is 0 Å². The molecular formula is C67H125NO5. The van der Waals surface area contributed by atoms with E-state index in [1.54, 1.807) is 6.08 Å². The Bertz CT molecular complexity index is 1230. The molecule has 2 atom stereocenters. The summed E-state index contributed by atoms with van der Waals surface area (Å²) in [4.78, 5) is 24.5. The predicted molar refractivity (Wildman–Crippen MR) is 319 cm³/mol. The molecular weight excluding hydrogens is 899 g/mol. The van der Waals surface area contributed by atoms with Crippen LogP contribution >= 0.6 is 0 Å². The first kappa shape index (κ1) is 70.8. The number of carbonyl (C=O) groups is 2. The molecule has 0 aromatic rings. The highest BCUT2D eigenvalue weighted by Crippen LogP contribution is 2.18. The number of hydrogen-bond donors (Lipinski definition) is 3. The zero-order valence-electron chi connectivity index (χ0n) is 48.9. The molecule has 0 saturated heterocycles. The van der Waals surface area contributed by atoms with E-state index in [1.807, 2.05) is 6.08 Å². The topological polar surface area (TPSA) is 95.9 Å². The molecule has 0 spiro atoms. The fraction of sp³-hybridized carbons (Fsp3) is 0.851. The summed E-state index contributed by atoms with van der Waals surface area (Å²) in [5.74, 6) is -0.117. The monoisotopic (exact) mass is 1020 g/mol. The van der Waals surface area contributed by atoms with Crippen LogP contribution in [0.15, 0.2) is 48.6 Å². The van der Waals surface area contributed by atoms with Gasteiger partial charge in [-0.3, -0.25) is 9.59 Å². The number of esters is 1. The third-order valence-corrected chi connectivity index (χ3v) is 14.8. The molecule has 1 amide bonds. The summed E-state index contributed by atoms with van der Waals surface area (Å²) in [5.41, 5.74) is 0. The van der Waals surface area contributed by atoms with Crippen molar-refractivity contribution in [1.29, 1.82) is 0 Å². The van der Waals surface area contributed by atoms with E-state index < -0.39 is 12.1 Å². The number of hydrogen-bond acceptors (Lipinski definition) is 5. The van der Waals surface area contributed by atoms with Gasteiger partial charge < -0.3 is 20.3 Å². The Labute approximate surface area is 455 Å². The van der Waals surface area contributed by atoms with Gasteiger partial charge in [0.2, 0.25) is 5.91 Å². The van der Waals surface area contributed by atoms with Crippen LogP contribution in [0, 0.1) is 0 Å². The number of nitrogens with one attached hydrogen (secondary N) is 1.